The van der Waals surface area contributed by atoms with E-state index in [0.29, 0.717) is 25.8 Å². The number of benzene rings is 1. The van der Waals surface area contributed by atoms with Gasteiger partial charge in [0.15, 0.2) is 0 Å². The second-order valence-corrected chi connectivity index (χ2v) is 9.75. The van der Waals surface area contributed by atoms with Gasteiger partial charge in [-0.05, 0) is 71.7 Å². The van der Waals surface area contributed by atoms with Crippen molar-refractivity contribution in [1.29, 1.82) is 0 Å². The number of rotatable bonds is 10. The molecular weight excluding hydrogens is 350 g/mol. The molecule has 0 saturated heterocycles. The predicted molar refractivity (Wildman–Crippen MR) is 109 cm³/mol. The van der Waals surface area contributed by atoms with Gasteiger partial charge in [-0.1, -0.05) is 0 Å². The number of amides is 1. The lowest BCUT2D eigenvalue weighted by atomic mass is 10.2. The topological polar surface area (TPSA) is 78.5 Å². The largest absolute Gasteiger partial charge is 0.372 e. The summed E-state index contributed by atoms with van der Waals surface area (Å²) in [6.07, 6.45) is 1.63. The van der Waals surface area contributed by atoms with Crippen LogP contribution in [0.4, 0.5) is 11.4 Å². The molecule has 1 aromatic carbocycles. The van der Waals surface area contributed by atoms with Gasteiger partial charge in [-0.15, -0.1) is 0 Å². The van der Waals surface area contributed by atoms with Crippen molar-refractivity contribution < 1.29 is 13.2 Å². The Kier molecular flexibility index (Phi) is 8.56. The van der Waals surface area contributed by atoms with E-state index in [1.54, 1.807) is 20.8 Å². The van der Waals surface area contributed by atoms with Crippen LogP contribution < -0.4 is 14.9 Å². The zero-order valence-electron chi connectivity index (χ0n) is 16.6. The SMILES string of the molecule is CCN(CC)c1ccc(NC(=O)CCCCNS(=O)(=O)C(C)(C)C)cc1. The standard InChI is InChI=1S/C19H33N3O3S/c1-6-22(7-2)17-13-11-16(12-14-17)21-18(23)10-8-9-15-20-26(24,25)19(3,4)5/h11-14,20H,6-10,15H2,1-5H3,(H,21,23). The van der Waals surface area contributed by atoms with E-state index in [0.717, 1.165) is 24.5 Å². The molecule has 0 spiro atoms. The van der Waals surface area contributed by atoms with E-state index in [4.69, 9.17) is 0 Å². The zero-order chi connectivity index (χ0) is 19.8. The summed E-state index contributed by atoms with van der Waals surface area (Å²) in [5.41, 5.74) is 1.92. The summed E-state index contributed by atoms with van der Waals surface area (Å²) in [6.45, 7) is 11.5. The average molecular weight is 384 g/mol. The van der Waals surface area contributed by atoms with E-state index in [2.05, 4.69) is 28.8 Å². The van der Waals surface area contributed by atoms with E-state index in [1.165, 1.54) is 0 Å². The van der Waals surface area contributed by atoms with E-state index >= 15 is 0 Å². The highest BCUT2D eigenvalue weighted by molar-refractivity contribution is 7.90. The van der Waals surface area contributed by atoms with Crippen molar-refractivity contribution >= 4 is 27.3 Å². The minimum atomic E-state index is -3.32. The average Bonchev–Trinajstić information content (AvgIpc) is 2.56. The summed E-state index contributed by atoms with van der Waals surface area (Å²) < 4.78 is 25.6. The highest BCUT2D eigenvalue weighted by Gasteiger charge is 2.27. The Morgan fingerprint density at radius 3 is 2.12 bits per heavy atom. The quantitative estimate of drug-likeness (QED) is 0.607. The molecule has 0 aliphatic rings. The highest BCUT2D eigenvalue weighted by atomic mass is 32.2. The van der Waals surface area contributed by atoms with Crippen molar-refractivity contribution in [3.8, 4) is 0 Å². The van der Waals surface area contributed by atoms with Crippen LogP contribution in [0.1, 0.15) is 53.9 Å². The Morgan fingerprint density at radius 2 is 1.62 bits per heavy atom. The summed E-state index contributed by atoms with van der Waals surface area (Å²) >= 11 is 0. The number of unbranched alkanes of at least 4 members (excludes halogenated alkanes) is 1. The molecule has 1 aromatic rings. The molecule has 0 atom stereocenters. The van der Waals surface area contributed by atoms with Gasteiger partial charge in [-0.3, -0.25) is 4.79 Å². The first-order valence-corrected chi connectivity index (χ1v) is 10.7. The number of sulfonamides is 1. The molecule has 26 heavy (non-hydrogen) atoms. The van der Waals surface area contributed by atoms with Crippen molar-refractivity contribution in [1.82, 2.24) is 4.72 Å². The van der Waals surface area contributed by atoms with Crippen LogP contribution in [0.5, 0.6) is 0 Å². The summed E-state index contributed by atoms with van der Waals surface area (Å²) in [7, 11) is -3.32. The van der Waals surface area contributed by atoms with Gasteiger partial charge in [0.1, 0.15) is 0 Å². The number of anilines is 2. The fourth-order valence-electron chi connectivity index (χ4n) is 2.40. The summed E-state index contributed by atoms with van der Waals surface area (Å²) in [4.78, 5) is 14.2. The van der Waals surface area contributed by atoms with Crippen LogP contribution in [0.3, 0.4) is 0 Å². The van der Waals surface area contributed by atoms with Crippen LogP contribution in [-0.4, -0.2) is 38.7 Å². The van der Waals surface area contributed by atoms with Gasteiger partial charge < -0.3 is 10.2 Å². The molecule has 0 radical (unpaired) electrons. The third kappa shape index (κ3) is 6.96. The Morgan fingerprint density at radius 1 is 1.04 bits per heavy atom. The third-order valence-corrected chi connectivity index (χ3v) is 6.41. The van der Waals surface area contributed by atoms with Crippen molar-refractivity contribution in [2.45, 2.75) is 58.6 Å². The van der Waals surface area contributed by atoms with E-state index in [9.17, 15) is 13.2 Å². The molecule has 0 fully saturated rings. The van der Waals surface area contributed by atoms with E-state index in [-0.39, 0.29) is 5.91 Å². The zero-order valence-corrected chi connectivity index (χ0v) is 17.4. The molecule has 148 valence electrons. The maximum absolute atomic E-state index is 12.0. The molecule has 2 N–H and O–H groups in total. The van der Waals surface area contributed by atoms with E-state index < -0.39 is 14.8 Å². The molecule has 0 saturated carbocycles. The molecule has 1 rings (SSSR count). The number of hydrogen-bond acceptors (Lipinski definition) is 4. The first-order chi connectivity index (χ1) is 12.1. The van der Waals surface area contributed by atoms with Crippen LogP contribution in [0.25, 0.3) is 0 Å². The lowest BCUT2D eigenvalue weighted by Crippen LogP contribution is -2.39. The molecule has 1 amide bonds. The summed E-state index contributed by atoms with van der Waals surface area (Å²) in [5, 5.41) is 2.88. The molecular formula is C19H33N3O3S. The van der Waals surface area contributed by atoms with Gasteiger partial charge in [-0.25, -0.2) is 13.1 Å². The number of nitrogens with one attached hydrogen (secondary N) is 2. The lowest BCUT2D eigenvalue weighted by Gasteiger charge is -2.21. The maximum Gasteiger partial charge on any atom is 0.224 e. The van der Waals surface area contributed by atoms with Gasteiger partial charge >= 0.3 is 0 Å². The number of nitrogens with zero attached hydrogens (tertiary/aromatic N) is 1. The Hall–Kier alpha value is -1.60. The van der Waals surface area contributed by atoms with Gasteiger partial charge in [0.2, 0.25) is 15.9 Å². The Bertz CT molecular complexity index is 660. The summed E-state index contributed by atoms with van der Waals surface area (Å²) in [6, 6.07) is 7.82. The number of carbonyl (C=O) groups is 1. The van der Waals surface area contributed by atoms with Crippen LogP contribution in [0.2, 0.25) is 0 Å². The van der Waals surface area contributed by atoms with Gasteiger partial charge in [-0.2, -0.15) is 0 Å². The molecule has 0 heterocycles. The van der Waals surface area contributed by atoms with Crippen molar-refractivity contribution in [2.75, 3.05) is 29.9 Å². The molecule has 0 aliphatic carbocycles. The van der Waals surface area contributed by atoms with Crippen molar-refractivity contribution in [3.63, 3.8) is 0 Å². The number of hydrogen-bond donors (Lipinski definition) is 2. The van der Waals surface area contributed by atoms with Crippen LogP contribution >= 0.6 is 0 Å². The number of carbonyl (C=O) groups excluding carboxylic acids is 1. The molecule has 6 nitrogen and oxygen atoms in total. The fraction of sp³-hybridized carbons (Fsp3) is 0.632. The molecule has 0 unspecified atom stereocenters. The molecule has 0 aromatic heterocycles. The minimum absolute atomic E-state index is 0.0562. The molecule has 7 heteroatoms. The second-order valence-electron chi connectivity index (χ2n) is 7.23. The van der Waals surface area contributed by atoms with Crippen LogP contribution in [0.15, 0.2) is 24.3 Å². The van der Waals surface area contributed by atoms with E-state index in [1.807, 2.05) is 24.3 Å². The monoisotopic (exact) mass is 383 g/mol. The molecule has 0 aliphatic heterocycles. The van der Waals surface area contributed by atoms with Crippen LogP contribution in [-0.2, 0) is 14.8 Å². The second kappa shape index (κ2) is 9.92. The van der Waals surface area contributed by atoms with Gasteiger partial charge in [0.25, 0.3) is 0 Å². The maximum atomic E-state index is 12.0. The van der Waals surface area contributed by atoms with Crippen LogP contribution in [0, 0.1) is 0 Å². The smallest absolute Gasteiger partial charge is 0.224 e. The Labute approximate surface area is 158 Å². The third-order valence-electron chi connectivity index (χ3n) is 4.21. The van der Waals surface area contributed by atoms with Gasteiger partial charge in [0, 0.05) is 37.4 Å². The fourth-order valence-corrected chi connectivity index (χ4v) is 3.25. The normalized spacial score (nSPS) is 12.0. The Balaban J connectivity index is 2.35. The minimum Gasteiger partial charge on any atom is -0.372 e. The van der Waals surface area contributed by atoms with Crippen molar-refractivity contribution in [3.05, 3.63) is 24.3 Å². The lowest BCUT2D eigenvalue weighted by molar-refractivity contribution is -0.116. The first kappa shape index (κ1) is 22.4. The first-order valence-electron chi connectivity index (χ1n) is 9.24. The van der Waals surface area contributed by atoms with Gasteiger partial charge in [0.05, 0.1) is 4.75 Å². The summed E-state index contributed by atoms with van der Waals surface area (Å²) in [5.74, 6) is -0.0562. The molecule has 0 bridgehead atoms. The van der Waals surface area contributed by atoms with Crippen molar-refractivity contribution in [2.24, 2.45) is 0 Å². The predicted octanol–water partition coefficient (Wildman–Crippen LogP) is 3.36. The highest BCUT2D eigenvalue weighted by Crippen LogP contribution is 2.18.